The van der Waals surface area contributed by atoms with Crippen molar-refractivity contribution in [3.05, 3.63) is 0 Å². The lowest BCUT2D eigenvalue weighted by atomic mass is 10.2. The third-order valence-corrected chi connectivity index (χ3v) is 3.57. The molecule has 100 valence electrons. The summed E-state index contributed by atoms with van der Waals surface area (Å²) < 4.78 is 4.99. The van der Waals surface area contributed by atoms with Crippen molar-refractivity contribution < 1.29 is 9.53 Å². The molecular formula is C12H23BrN2O2. The molecule has 0 N–H and O–H groups in total. The number of carbonyl (C=O) groups is 1. The fraction of sp³-hybridized carbons (Fsp3) is 0.917. The maximum atomic E-state index is 11.5. The van der Waals surface area contributed by atoms with Crippen LogP contribution in [0.25, 0.3) is 0 Å². The maximum Gasteiger partial charge on any atom is 0.409 e. The second kappa shape index (κ2) is 8.75. The first-order valence-electron chi connectivity index (χ1n) is 6.48. The second-order valence-electron chi connectivity index (χ2n) is 4.28. The highest BCUT2D eigenvalue weighted by atomic mass is 79.9. The van der Waals surface area contributed by atoms with E-state index < -0.39 is 0 Å². The van der Waals surface area contributed by atoms with Crippen LogP contribution in [0.15, 0.2) is 0 Å². The Morgan fingerprint density at radius 1 is 1.18 bits per heavy atom. The summed E-state index contributed by atoms with van der Waals surface area (Å²) in [6.07, 6.45) is 3.63. The van der Waals surface area contributed by atoms with Crippen LogP contribution in [0.3, 0.4) is 0 Å². The molecule has 17 heavy (non-hydrogen) atoms. The van der Waals surface area contributed by atoms with Gasteiger partial charge < -0.3 is 9.64 Å². The van der Waals surface area contributed by atoms with Gasteiger partial charge in [-0.15, -0.1) is 0 Å². The average Bonchev–Trinajstić information content (AvgIpc) is 2.36. The Morgan fingerprint density at radius 2 is 1.88 bits per heavy atom. The number of ether oxygens (including phenoxy) is 1. The van der Waals surface area contributed by atoms with E-state index in [0.29, 0.717) is 6.61 Å². The number of amides is 1. The summed E-state index contributed by atoms with van der Waals surface area (Å²) in [6, 6.07) is 0. The van der Waals surface area contributed by atoms with Gasteiger partial charge in [-0.2, -0.15) is 0 Å². The van der Waals surface area contributed by atoms with Gasteiger partial charge in [-0.1, -0.05) is 22.4 Å². The minimum absolute atomic E-state index is 0.161. The van der Waals surface area contributed by atoms with Crippen LogP contribution in [0.1, 0.15) is 26.2 Å². The van der Waals surface area contributed by atoms with Gasteiger partial charge in [-0.25, -0.2) is 4.79 Å². The molecule has 1 heterocycles. The third kappa shape index (κ3) is 5.73. The molecule has 4 nitrogen and oxygen atoms in total. The Kier molecular flexibility index (Phi) is 7.60. The first-order chi connectivity index (χ1) is 8.27. The number of hydrogen-bond donors (Lipinski definition) is 0. The summed E-state index contributed by atoms with van der Waals surface area (Å²) in [5.74, 6) is 0. The fourth-order valence-electron chi connectivity index (χ4n) is 1.98. The summed E-state index contributed by atoms with van der Waals surface area (Å²) in [7, 11) is 0. The van der Waals surface area contributed by atoms with E-state index in [2.05, 4.69) is 20.8 Å². The quantitative estimate of drug-likeness (QED) is 0.558. The number of alkyl halides is 1. The Morgan fingerprint density at radius 3 is 2.47 bits per heavy atom. The van der Waals surface area contributed by atoms with Gasteiger partial charge in [0.05, 0.1) is 6.61 Å². The summed E-state index contributed by atoms with van der Waals surface area (Å²) in [6.45, 7) is 7.03. The maximum absolute atomic E-state index is 11.5. The summed E-state index contributed by atoms with van der Waals surface area (Å²) in [4.78, 5) is 15.7. The molecule has 1 aliphatic heterocycles. The Labute approximate surface area is 112 Å². The average molecular weight is 307 g/mol. The Hall–Kier alpha value is -0.290. The smallest absolute Gasteiger partial charge is 0.409 e. The van der Waals surface area contributed by atoms with E-state index in [0.717, 1.165) is 38.1 Å². The van der Waals surface area contributed by atoms with Crippen LogP contribution in [-0.2, 0) is 4.74 Å². The lowest BCUT2D eigenvalue weighted by Crippen LogP contribution is -2.49. The van der Waals surface area contributed by atoms with Crippen LogP contribution in [0.5, 0.6) is 0 Å². The molecule has 1 amide bonds. The van der Waals surface area contributed by atoms with Crippen molar-refractivity contribution in [2.24, 2.45) is 0 Å². The molecule has 0 unspecified atom stereocenters. The summed E-state index contributed by atoms with van der Waals surface area (Å²) >= 11 is 3.44. The number of nitrogens with zero attached hydrogens (tertiary/aromatic N) is 2. The number of piperazine rings is 1. The van der Waals surface area contributed by atoms with Gasteiger partial charge in [0.2, 0.25) is 0 Å². The van der Waals surface area contributed by atoms with Gasteiger partial charge in [-0.05, 0) is 26.3 Å². The van der Waals surface area contributed by atoms with Crippen molar-refractivity contribution in [3.63, 3.8) is 0 Å². The second-order valence-corrected chi connectivity index (χ2v) is 5.07. The van der Waals surface area contributed by atoms with Crippen molar-refractivity contribution >= 4 is 22.0 Å². The molecule has 1 aliphatic rings. The van der Waals surface area contributed by atoms with Crippen LogP contribution < -0.4 is 0 Å². The molecule has 0 bridgehead atoms. The number of hydrogen-bond acceptors (Lipinski definition) is 3. The highest BCUT2D eigenvalue weighted by molar-refractivity contribution is 9.09. The lowest BCUT2D eigenvalue weighted by molar-refractivity contribution is 0.0792. The predicted molar refractivity (Wildman–Crippen MR) is 72.7 cm³/mol. The predicted octanol–water partition coefficient (Wildman–Crippen LogP) is 2.33. The molecule has 1 rings (SSSR count). The third-order valence-electron chi connectivity index (χ3n) is 3.01. The molecule has 0 aromatic heterocycles. The monoisotopic (exact) mass is 306 g/mol. The van der Waals surface area contributed by atoms with Crippen molar-refractivity contribution in [3.8, 4) is 0 Å². The van der Waals surface area contributed by atoms with E-state index in [9.17, 15) is 4.79 Å². The number of carbonyl (C=O) groups excluding carboxylic acids is 1. The molecule has 1 fully saturated rings. The largest absolute Gasteiger partial charge is 0.450 e. The SMILES string of the molecule is CCOC(=O)N1CCN(CCCCCBr)CC1. The fourth-order valence-corrected chi connectivity index (χ4v) is 2.37. The Bertz CT molecular complexity index is 219. The normalized spacial score (nSPS) is 17.2. The summed E-state index contributed by atoms with van der Waals surface area (Å²) in [5, 5.41) is 1.10. The van der Waals surface area contributed by atoms with Gasteiger partial charge in [0.25, 0.3) is 0 Å². The number of halogens is 1. The molecule has 0 radical (unpaired) electrons. The molecule has 0 aromatic carbocycles. The highest BCUT2D eigenvalue weighted by Gasteiger charge is 2.21. The molecule has 0 aliphatic carbocycles. The van der Waals surface area contributed by atoms with Crippen LogP contribution in [0, 0.1) is 0 Å². The van der Waals surface area contributed by atoms with Crippen LogP contribution in [-0.4, -0.2) is 60.6 Å². The lowest BCUT2D eigenvalue weighted by Gasteiger charge is -2.33. The van der Waals surface area contributed by atoms with E-state index in [1.807, 2.05) is 6.92 Å². The number of rotatable bonds is 6. The van der Waals surface area contributed by atoms with E-state index in [-0.39, 0.29) is 6.09 Å². The highest BCUT2D eigenvalue weighted by Crippen LogP contribution is 2.06. The Balaban J connectivity index is 2.11. The first kappa shape index (κ1) is 14.8. The van der Waals surface area contributed by atoms with Gasteiger partial charge in [0, 0.05) is 31.5 Å². The zero-order chi connectivity index (χ0) is 12.5. The molecule has 0 aromatic rings. The van der Waals surface area contributed by atoms with Gasteiger partial charge in [0.1, 0.15) is 0 Å². The van der Waals surface area contributed by atoms with Crippen LogP contribution in [0.2, 0.25) is 0 Å². The topological polar surface area (TPSA) is 32.8 Å². The minimum atomic E-state index is -0.161. The van der Waals surface area contributed by atoms with E-state index in [4.69, 9.17) is 4.74 Å². The zero-order valence-corrected chi connectivity index (χ0v) is 12.2. The molecule has 1 saturated heterocycles. The molecule has 0 spiro atoms. The first-order valence-corrected chi connectivity index (χ1v) is 7.60. The van der Waals surface area contributed by atoms with E-state index in [1.54, 1.807) is 4.90 Å². The van der Waals surface area contributed by atoms with Crippen molar-refractivity contribution in [1.82, 2.24) is 9.80 Å². The van der Waals surface area contributed by atoms with Crippen LogP contribution in [0.4, 0.5) is 4.79 Å². The molecule has 0 atom stereocenters. The van der Waals surface area contributed by atoms with Crippen LogP contribution >= 0.6 is 15.9 Å². The molecular weight excluding hydrogens is 284 g/mol. The standard InChI is InChI=1S/C12H23BrN2O2/c1-2-17-12(16)15-10-8-14(9-11-15)7-5-3-4-6-13/h2-11H2,1H3. The van der Waals surface area contributed by atoms with E-state index in [1.165, 1.54) is 19.3 Å². The van der Waals surface area contributed by atoms with Crippen molar-refractivity contribution in [1.29, 1.82) is 0 Å². The molecule has 0 saturated carbocycles. The van der Waals surface area contributed by atoms with Crippen molar-refractivity contribution in [2.75, 3.05) is 44.7 Å². The van der Waals surface area contributed by atoms with Gasteiger partial charge >= 0.3 is 6.09 Å². The van der Waals surface area contributed by atoms with E-state index >= 15 is 0 Å². The van der Waals surface area contributed by atoms with Gasteiger partial charge in [-0.3, -0.25) is 4.90 Å². The van der Waals surface area contributed by atoms with Gasteiger partial charge in [0.15, 0.2) is 0 Å². The number of unbranched alkanes of at least 4 members (excludes halogenated alkanes) is 2. The summed E-state index contributed by atoms with van der Waals surface area (Å²) in [5.41, 5.74) is 0. The van der Waals surface area contributed by atoms with Crippen molar-refractivity contribution in [2.45, 2.75) is 26.2 Å². The minimum Gasteiger partial charge on any atom is -0.450 e. The molecule has 5 heteroatoms. The zero-order valence-electron chi connectivity index (χ0n) is 10.7.